The molecule has 4 N–H and O–H groups in total. The molecule has 15 heavy (non-hydrogen) atoms. The molecule has 0 amide bonds. The minimum atomic E-state index is -0.195. The molecule has 0 saturated carbocycles. The van der Waals surface area contributed by atoms with Crippen LogP contribution in [-0.4, -0.2) is 21.2 Å². The molecular formula is C10H12N2O2S. The number of aliphatic hydroxyl groups excluding tert-OH is 1. The summed E-state index contributed by atoms with van der Waals surface area (Å²) in [5.74, 6) is 0.0168. The molecule has 1 aromatic rings. The predicted molar refractivity (Wildman–Crippen MR) is 62.8 cm³/mol. The van der Waals surface area contributed by atoms with E-state index in [9.17, 15) is 5.11 Å². The Balaban J connectivity index is 3.50. The molecule has 0 bridgehead atoms. The van der Waals surface area contributed by atoms with Crippen molar-refractivity contribution >= 4 is 23.1 Å². The molecule has 0 fully saturated rings. The van der Waals surface area contributed by atoms with Gasteiger partial charge in [0.05, 0.1) is 0 Å². The molecule has 0 aliphatic carbocycles. The van der Waals surface area contributed by atoms with Gasteiger partial charge in [0.2, 0.25) is 0 Å². The summed E-state index contributed by atoms with van der Waals surface area (Å²) < 4.78 is 0. The first-order valence-electron chi connectivity index (χ1n) is 4.30. The second kappa shape index (κ2) is 4.27. The Labute approximate surface area is 93.0 Å². The van der Waals surface area contributed by atoms with E-state index in [1.165, 1.54) is 0 Å². The third kappa shape index (κ3) is 2.07. The van der Waals surface area contributed by atoms with Crippen molar-refractivity contribution in [3.8, 4) is 0 Å². The first kappa shape index (κ1) is 11.5. The molecule has 0 unspecified atom stereocenters. The standard InChI is InChI=1S/C10H12N2O2S/c1-5-3-4-7(10(13)15)6(2)8(5)9(11)12-14/h3-4,14H,1-2H3,(H2,11,12)(H,13,15). The summed E-state index contributed by atoms with van der Waals surface area (Å²) in [6.45, 7) is 3.60. The third-order valence-electron chi connectivity index (χ3n) is 2.27. The van der Waals surface area contributed by atoms with Crippen molar-refractivity contribution in [2.24, 2.45) is 10.9 Å². The molecule has 1 aromatic carbocycles. The van der Waals surface area contributed by atoms with E-state index in [1.807, 2.05) is 6.92 Å². The van der Waals surface area contributed by atoms with Crippen LogP contribution in [-0.2, 0) is 0 Å². The summed E-state index contributed by atoms with van der Waals surface area (Å²) in [6.07, 6.45) is 0. The Kier molecular flexibility index (Phi) is 3.26. The fourth-order valence-corrected chi connectivity index (χ4v) is 1.74. The molecule has 80 valence electrons. The lowest BCUT2D eigenvalue weighted by Gasteiger charge is -2.11. The van der Waals surface area contributed by atoms with Gasteiger partial charge in [0.1, 0.15) is 0 Å². The van der Waals surface area contributed by atoms with Gasteiger partial charge in [-0.25, -0.2) is 0 Å². The summed E-state index contributed by atoms with van der Waals surface area (Å²) in [4.78, 5) is 0. The van der Waals surface area contributed by atoms with Gasteiger partial charge in [-0.05, 0) is 43.3 Å². The van der Waals surface area contributed by atoms with Crippen molar-refractivity contribution in [3.05, 3.63) is 34.4 Å². The molecule has 0 spiro atoms. The van der Waals surface area contributed by atoms with Gasteiger partial charge in [-0.15, -0.1) is 0 Å². The highest BCUT2D eigenvalue weighted by molar-refractivity contribution is 7.80. The Morgan fingerprint density at radius 3 is 2.47 bits per heavy atom. The molecular weight excluding hydrogens is 212 g/mol. The smallest absolute Gasteiger partial charge is 0.188 e. The van der Waals surface area contributed by atoms with Crippen LogP contribution in [0.4, 0.5) is 0 Å². The van der Waals surface area contributed by atoms with Crippen LogP contribution in [0.3, 0.4) is 0 Å². The molecule has 0 aliphatic rings. The van der Waals surface area contributed by atoms with Crippen LogP contribution in [0.1, 0.15) is 22.3 Å². The molecule has 0 saturated heterocycles. The number of nitrogens with zero attached hydrogens (tertiary/aromatic N) is 1. The average molecular weight is 224 g/mol. The van der Waals surface area contributed by atoms with Crippen molar-refractivity contribution in [1.82, 2.24) is 0 Å². The Hall–Kier alpha value is -1.62. The number of aliphatic hydroxyl groups is 1. The SMILES string of the molecule is Cc1ccc(C(O)=S)c(C)c1C(N)=NO. The van der Waals surface area contributed by atoms with E-state index in [1.54, 1.807) is 19.1 Å². The predicted octanol–water partition coefficient (Wildman–Crippen LogP) is 1.63. The van der Waals surface area contributed by atoms with E-state index in [4.69, 9.17) is 10.9 Å². The third-order valence-corrected chi connectivity index (χ3v) is 2.49. The molecule has 0 radical (unpaired) electrons. The van der Waals surface area contributed by atoms with Crippen molar-refractivity contribution in [2.45, 2.75) is 13.8 Å². The molecule has 1 rings (SSSR count). The fourth-order valence-electron chi connectivity index (χ4n) is 1.52. The minimum Gasteiger partial charge on any atom is -0.499 e. The highest BCUT2D eigenvalue weighted by Crippen LogP contribution is 2.18. The molecule has 0 atom stereocenters. The van der Waals surface area contributed by atoms with Crippen molar-refractivity contribution < 1.29 is 10.3 Å². The second-order valence-electron chi connectivity index (χ2n) is 3.22. The lowest BCUT2D eigenvalue weighted by Crippen LogP contribution is -2.18. The van der Waals surface area contributed by atoms with E-state index in [0.29, 0.717) is 16.7 Å². The van der Waals surface area contributed by atoms with Crippen LogP contribution in [0, 0.1) is 13.8 Å². The normalized spacial score (nSPS) is 11.5. The largest absolute Gasteiger partial charge is 0.499 e. The Morgan fingerprint density at radius 1 is 1.40 bits per heavy atom. The Bertz CT molecular complexity index is 441. The molecule has 5 heteroatoms. The summed E-state index contributed by atoms with van der Waals surface area (Å²) >= 11 is 4.69. The maximum atomic E-state index is 9.26. The summed E-state index contributed by atoms with van der Waals surface area (Å²) in [5, 5.41) is 20.7. The lowest BCUT2D eigenvalue weighted by atomic mass is 9.97. The molecule has 4 nitrogen and oxygen atoms in total. The van der Waals surface area contributed by atoms with E-state index < -0.39 is 0 Å². The number of amidine groups is 1. The second-order valence-corrected chi connectivity index (χ2v) is 3.61. The van der Waals surface area contributed by atoms with Gasteiger partial charge in [0.25, 0.3) is 0 Å². The minimum absolute atomic E-state index is 0.0168. The van der Waals surface area contributed by atoms with Crippen LogP contribution in [0.5, 0.6) is 0 Å². The van der Waals surface area contributed by atoms with Crippen LogP contribution in [0.15, 0.2) is 17.3 Å². The summed E-state index contributed by atoms with van der Waals surface area (Å²) in [5.41, 5.74) is 8.24. The maximum Gasteiger partial charge on any atom is 0.188 e. The molecule has 0 aromatic heterocycles. The number of hydrogen-bond donors (Lipinski definition) is 3. The average Bonchev–Trinajstić information content (AvgIpc) is 2.16. The topological polar surface area (TPSA) is 78.8 Å². The quantitative estimate of drug-likeness (QED) is 0.234. The Morgan fingerprint density at radius 2 is 2.00 bits per heavy atom. The fraction of sp³-hybridized carbons (Fsp3) is 0.200. The molecule has 0 aliphatic heterocycles. The van der Waals surface area contributed by atoms with Crippen LogP contribution in [0.2, 0.25) is 0 Å². The zero-order valence-corrected chi connectivity index (χ0v) is 9.30. The highest BCUT2D eigenvalue weighted by Gasteiger charge is 2.13. The lowest BCUT2D eigenvalue weighted by molar-refractivity contribution is 0.318. The van der Waals surface area contributed by atoms with Gasteiger partial charge in [-0.1, -0.05) is 11.2 Å². The van der Waals surface area contributed by atoms with Crippen molar-refractivity contribution in [2.75, 3.05) is 0 Å². The van der Waals surface area contributed by atoms with Gasteiger partial charge in [-0.2, -0.15) is 0 Å². The van der Waals surface area contributed by atoms with Gasteiger partial charge < -0.3 is 16.0 Å². The van der Waals surface area contributed by atoms with E-state index in [2.05, 4.69) is 17.4 Å². The maximum absolute atomic E-state index is 9.26. The van der Waals surface area contributed by atoms with Gasteiger partial charge in [-0.3, -0.25) is 0 Å². The van der Waals surface area contributed by atoms with Gasteiger partial charge in [0, 0.05) is 11.1 Å². The summed E-state index contributed by atoms with van der Waals surface area (Å²) in [7, 11) is 0. The monoisotopic (exact) mass is 224 g/mol. The van der Waals surface area contributed by atoms with E-state index in [-0.39, 0.29) is 10.9 Å². The number of rotatable bonds is 2. The number of aryl methyl sites for hydroxylation is 1. The number of thiocarbonyl (C=S) groups is 1. The van der Waals surface area contributed by atoms with Crippen molar-refractivity contribution in [3.63, 3.8) is 0 Å². The van der Waals surface area contributed by atoms with Gasteiger partial charge >= 0.3 is 0 Å². The summed E-state index contributed by atoms with van der Waals surface area (Å²) in [6, 6.07) is 3.47. The van der Waals surface area contributed by atoms with Crippen LogP contribution < -0.4 is 5.73 Å². The number of nitrogens with two attached hydrogens (primary N) is 1. The number of oxime groups is 1. The first-order valence-corrected chi connectivity index (χ1v) is 4.71. The zero-order chi connectivity index (χ0) is 11.6. The van der Waals surface area contributed by atoms with E-state index in [0.717, 1.165) is 5.56 Å². The number of hydrogen-bond acceptors (Lipinski definition) is 3. The first-order chi connectivity index (χ1) is 6.99. The van der Waals surface area contributed by atoms with E-state index >= 15 is 0 Å². The molecule has 0 heterocycles. The zero-order valence-electron chi connectivity index (χ0n) is 8.48. The van der Waals surface area contributed by atoms with Crippen LogP contribution in [0.25, 0.3) is 0 Å². The highest BCUT2D eigenvalue weighted by atomic mass is 32.1. The van der Waals surface area contributed by atoms with Crippen molar-refractivity contribution in [1.29, 1.82) is 0 Å². The van der Waals surface area contributed by atoms with Crippen LogP contribution >= 0.6 is 12.2 Å². The number of benzene rings is 1. The van der Waals surface area contributed by atoms with Gasteiger partial charge in [0.15, 0.2) is 10.9 Å².